The summed E-state index contributed by atoms with van der Waals surface area (Å²) in [6, 6.07) is 0. The van der Waals surface area contributed by atoms with Crippen LogP contribution < -0.4 is 10.4 Å². The van der Waals surface area contributed by atoms with Crippen molar-refractivity contribution >= 4 is 5.97 Å². The number of hydrogen-bond donors (Lipinski definition) is 0. The molecule has 0 aliphatic heterocycles. The van der Waals surface area contributed by atoms with Crippen LogP contribution in [0.2, 0.25) is 0 Å². The van der Waals surface area contributed by atoms with E-state index >= 15 is 0 Å². The maximum absolute atomic E-state index is 11.4. The average molecular weight is 210 g/mol. The molecule has 0 bridgehead atoms. The van der Waals surface area contributed by atoms with Gasteiger partial charge in [0.05, 0.1) is 5.56 Å². The summed E-state index contributed by atoms with van der Waals surface area (Å²) >= 11 is 0. The van der Waals surface area contributed by atoms with E-state index in [4.69, 9.17) is 9.15 Å². The smallest absolute Gasteiger partial charge is 0.342 e. The van der Waals surface area contributed by atoms with Gasteiger partial charge in [-0.05, 0) is 13.8 Å². The zero-order chi connectivity index (χ0) is 11.6. The summed E-state index contributed by atoms with van der Waals surface area (Å²) < 4.78 is 10.1. The van der Waals surface area contributed by atoms with Gasteiger partial charge in [0.25, 0.3) is 0 Å². The van der Waals surface area contributed by atoms with Crippen LogP contribution in [0.1, 0.15) is 30.7 Å². The topological polar surface area (TPSA) is 56.5 Å². The molecule has 1 heterocycles. The highest BCUT2D eigenvalue weighted by atomic mass is 16.5. The van der Waals surface area contributed by atoms with Crippen molar-refractivity contribution in [3.05, 3.63) is 27.3 Å². The van der Waals surface area contributed by atoms with Crippen molar-refractivity contribution in [1.82, 2.24) is 0 Å². The summed E-state index contributed by atoms with van der Waals surface area (Å²) in [6.07, 6.45) is 0.593. The quantitative estimate of drug-likeness (QED) is 0.698. The fourth-order valence-electron chi connectivity index (χ4n) is 1.40. The minimum absolute atomic E-state index is 0.329. The predicted octanol–water partition coefficient (Wildman–Crippen LogP) is 1.74. The zero-order valence-electron chi connectivity index (χ0n) is 9.34. The molecule has 0 amide bonds. The lowest BCUT2D eigenvalue weighted by Crippen LogP contribution is -2.13. The first-order chi connectivity index (χ1) is 6.97. The molecule has 0 aliphatic carbocycles. The normalized spacial score (nSPS) is 10.1. The first-order valence-electron chi connectivity index (χ1n) is 4.79. The van der Waals surface area contributed by atoms with Crippen molar-refractivity contribution in [1.29, 1.82) is 0 Å². The van der Waals surface area contributed by atoms with E-state index in [0.29, 0.717) is 29.1 Å². The van der Waals surface area contributed by atoms with E-state index in [-0.39, 0.29) is 0 Å². The molecular weight excluding hydrogens is 196 g/mol. The molecule has 0 radical (unpaired) electrons. The molecular formula is C11H14O4. The molecule has 0 saturated carbocycles. The summed E-state index contributed by atoms with van der Waals surface area (Å²) in [5.74, 6) is 0.450. The van der Waals surface area contributed by atoms with Crippen molar-refractivity contribution in [2.75, 3.05) is 0 Å². The van der Waals surface area contributed by atoms with Gasteiger partial charge in [-0.15, -0.1) is 0 Å². The number of aryl methyl sites for hydroxylation is 1. The van der Waals surface area contributed by atoms with Crippen molar-refractivity contribution in [3.63, 3.8) is 0 Å². The van der Waals surface area contributed by atoms with E-state index in [2.05, 4.69) is 0 Å². The van der Waals surface area contributed by atoms with Gasteiger partial charge in [0.15, 0.2) is 0 Å². The lowest BCUT2D eigenvalue weighted by atomic mass is 10.1. The maximum atomic E-state index is 11.4. The van der Waals surface area contributed by atoms with Gasteiger partial charge < -0.3 is 9.15 Å². The molecule has 0 unspecified atom stereocenters. The summed E-state index contributed by atoms with van der Waals surface area (Å²) in [5, 5.41) is 0. The Morgan fingerprint density at radius 2 is 1.93 bits per heavy atom. The van der Waals surface area contributed by atoms with E-state index in [1.807, 2.05) is 6.92 Å². The average Bonchev–Trinajstić information content (AvgIpc) is 2.18. The van der Waals surface area contributed by atoms with Crippen LogP contribution in [0.25, 0.3) is 0 Å². The third kappa shape index (κ3) is 2.26. The molecule has 4 nitrogen and oxygen atoms in total. The molecule has 0 fully saturated rings. The van der Waals surface area contributed by atoms with Gasteiger partial charge in [-0.3, -0.25) is 4.79 Å². The Kier molecular flexibility index (Phi) is 3.29. The van der Waals surface area contributed by atoms with Crippen molar-refractivity contribution < 1.29 is 13.9 Å². The number of esters is 1. The Labute approximate surface area is 87.9 Å². The first kappa shape index (κ1) is 11.5. The molecule has 82 valence electrons. The highest BCUT2D eigenvalue weighted by Gasteiger charge is 2.15. The second kappa shape index (κ2) is 4.29. The molecule has 1 aromatic rings. The van der Waals surface area contributed by atoms with Crippen molar-refractivity contribution in [3.8, 4) is 5.75 Å². The number of ether oxygens (including phenoxy) is 1. The third-order valence-corrected chi connectivity index (χ3v) is 2.19. The predicted molar refractivity (Wildman–Crippen MR) is 55.1 cm³/mol. The summed E-state index contributed by atoms with van der Waals surface area (Å²) in [6.45, 7) is 6.53. The largest absolute Gasteiger partial charge is 0.427 e. The van der Waals surface area contributed by atoms with E-state index in [1.54, 1.807) is 13.8 Å². The van der Waals surface area contributed by atoms with Gasteiger partial charge >= 0.3 is 11.6 Å². The van der Waals surface area contributed by atoms with Crippen LogP contribution in [0.4, 0.5) is 0 Å². The van der Waals surface area contributed by atoms with Crippen molar-refractivity contribution in [2.24, 2.45) is 0 Å². The molecule has 1 aromatic heterocycles. The first-order valence-corrected chi connectivity index (χ1v) is 4.79. The molecule has 4 heteroatoms. The standard InChI is InChI=1S/C11H14O4/c1-5-9-6(2)10(14-8(4)12)7(3)11(13)15-9/h5H2,1-4H3. The summed E-state index contributed by atoms with van der Waals surface area (Å²) in [4.78, 5) is 22.3. The van der Waals surface area contributed by atoms with E-state index in [0.717, 1.165) is 0 Å². The summed E-state index contributed by atoms with van der Waals surface area (Å²) in [5.41, 5.74) is 0.596. The fourth-order valence-corrected chi connectivity index (χ4v) is 1.40. The van der Waals surface area contributed by atoms with Crippen LogP contribution >= 0.6 is 0 Å². The molecule has 0 saturated heterocycles. The molecule has 0 aliphatic rings. The van der Waals surface area contributed by atoms with Gasteiger partial charge in [0, 0.05) is 18.9 Å². The lowest BCUT2D eigenvalue weighted by Gasteiger charge is -2.10. The second-order valence-corrected chi connectivity index (χ2v) is 3.34. The number of hydrogen-bond acceptors (Lipinski definition) is 4. The third-order valence-electron chi connectivity index (χ3n) is 2.19. The van der Waals surface area contributed by atoms with Gasteiger partial charge in [0.1, 0.15) is 11.5 Å². The Morgan fingerprint density at radius 1 is 1.33 bits per heavy atom. The van der Waals surface area contributed by atoms with Crippen LogP contribution in [-0.4, -0.2) is 5.97 Å². The Balaban J connectivity index is 3.40. The maximum Gasteiger partial charge on any atom is 0.342 e. The number of carbonyl (C=O) groups is 1. The second-order valence-electron chi connectivity index (χ2n) is 3.34. The van der Waals surface area contributed by atoms with Gasteiger partial charge in [0.2, 0.25) is 0 Å². The fraction of sp³-hybridized carbons (Fsp3) is 0.455. The number of carbonyl (C=O) groups excluding carboxylic acids is 1. The SMILES string of the molecule is CCc1oc(=O)c(C)c(OC(C)=O)c1C. The highest BCUT2D eigenvalue weighted by Crippen LogP contribution is 2.23. The lowest BCUT2D eigenvalue weighted by molar-refractivity contribution is -0.132. The van der Waals surface area contributed by atoms with Crippen LogP contribution in [0, 0.1) is 13.8 Å². The Hall–Kier alpha value is -1.58. The van der Waals surface area contributed by atoms with Crippen LogP contribution in [0.5, 0.6) is 5.75 Å². The molecule has 0 spiro atoms. The van der Waals surface area contributed by atoms with E-state index < -0.39 is 11.6 Å². The number of rotatable bonds is 2. The van der Waals surface area contributed by atoms with Gasteiger partial charge in [-0.2, -0.15) is 0 Å². The van der Waals surface area contributed by atoms with Crippen molar-refractivity contribution in [2.45, 2.75) is 34.1 Å². The minimum Gasteiger partial charge on any atom is -0.427 e. The zero-order valence-corrected chi connectivity index (χ0v) is 9.34. The molecule has 0 aromatic carbocycles. The minimum atomic E-state index is -0.450. The molecule has 1 rings (SSSR count). The molecule has 0 atom stereocenters. The highest BCUT2D eigenvalue weighted by molar-refractivity contribution is 5.70. The van der Waals surface area contributed by atoms with Gasteiger partial charge in [-0.1, -0.05) is 6.92 Å². The summed E-state index contributed by atoms with van der Waals surface area (Å²) in [7, 11) is 0. The Bertz CT molecular complexity index is 443. The van der Waals surface area contributed by atoms with Crippen LogP contribution in [0.3, 0.4) is 0 Å². The molecule has 15 heavy (non-hydrogen) atoms. The Morgan fingerprint density at radius 3 is 2.40 bits per heavy atom. The monoisotopic (exact) mass is 210 g/mol. The van der Waals surface area contributed by atoms with Gasteiger partial charge in [-0.25, -0.2) is 4.79 Å². The molecule has 0 N–H and O–H groups in total. The van der Waals surface area contributed by atoms with E-state index in [9.17, 15) is 9.59 Å². The van der Waals surface area contributed by atoms with Crippen LogP contribution in [0.15, 0.2) is 9.21 Å². The van der Waals surface area contributed by atoms with E-state index in [1.165, 1.54) is 6.92 Å². The van der Waals surface area contributed by atoms with Crippen LogP contribution in [-0.2, 0) is 11.2 Å².